The van der Waals surface area contributed by atoms with E-state index in [9.17, 15) is 14.7 Å². The van der Waals surface area contributed by atoms with Crippen LogP contribution in [0.1, 0.15) is 19.3 Å². The van der Waals surface area contributed by atoms with E-state index < -0.39 is 39.8 Å². The van der Waals surface area contributed by atoms with Gasteiger partial charge < -0.3 is 10.0 Å². The number of hydrogen-bond donors (Lipinski definition) is 1. The van der Waals surface area contributed by atoms with Gasteiger partial charge in [0.1, 0.15) is 9.45 Å². The highest BCUT2D eigenvalue weighted by Crippen LogP contribution is 2.63. The lowest BCUT2D eigenvalue weighted by atomic mass is 10.1. The van der Waals surface area contributed by atoms with Gasteiger partial charge in [-0.3, -0.25) is 4.79 Å². The SMILES string of the molecule is O=C(O)[C@@H]1CCCN1C(=O)CC(C(F)(F)F)C(Sc1ccccc1)(Sc1ccccc1)Sc1ccccc1. The topological polar surface area (TPSA) is 57.6 Å². The van der Waals surface area contributed by atoms with Crippen LogP contribution in [0.15, 0.2) is 106 Å². The largest absolute Gasteiger partial charge is 0.480 e. The van der Waals surface area contributed by atoms with Gasteiger partial charge in [0, 0.05) is 27.7 Å². The first-order chi connectivity index (χ1) is 18.2. The van der Waals surface area contributed by atoms with Crippen LogP contribution < -0.4 is 0 Å². The summed E-state index contributed by atoms with van der Waals surface area (Å²) in [7, 11) is 0. The molecule has 3 aromatic rings. The lowest BCUT2D eigenvalue weighted by Gasteiger charge is -2.40. The molecule has 4 rings (SSSR count). The number of carboxylic acids is 1. The number of rotatable bonds is 10. The normalized spacial score (nSPS) is 16.8. The van der Waals surface area contributed by atoms with Crippen LogP contribution in [0.5, 0.6) is 0 Å². The maximum atomic E-state index is 15.1. The van der Waals surface area contributed by atoms with Crippen molar-refractivity contribution in [3.05, 3.63) is 91.0 Å². The van der Waals surface area contributed by atoms with Gasteiger partial charge in [0.2, 0.25) is 5.91 Å². The smallest absolute Gasteiger partial charge is 0.395 e. The Balaban J connectivity index is 1.82. The van der Waals surface area contributed by atoms with Gasteiger partial charge in [-0.1, -0.05) is 89.9 Å². The Hall–Kier alpha value is -2.56. The van der Waals surface area contributed by atoms with E-state index in [2.05, 4.69) is 0 Å². The molecule has 1 amide bonds. The molecule has 1 saturated heterocycles. The summed E-state index contributed by atoms with van der Waals surface area (Å²) in [5.74, 6) is -4.09. The molecule has 10 heteroatoms. The molecule has 0 spiro atoms. The first-order valence-corrected chi connectivity index (χ1v) is 14.4. The molecular weight excluding hydrogens is 552 g/mol. The predicted octanol–water partition coefficient (Wildman–Crippen LogP) is 7.66. The summed E-state index contributed by atoms with van der Waals surface area (Å²) >= 11 is 3.21. The first-order valence-electron chi connectivity index (χ1n) is 12.0. The Kier molecular flexibility index (Phi) is 9.38. The molecule has 1 N–H and O–H groups in total. The summed E-state index contributed by atoms with van der Waals surface area (Å²) in [6.07, 6.45) is -4.92. The Morgan fingerprint density at radius 1 is 0.816 bits per heavy atom. The van der Waals surface area contributed by atoms with Crippen molar-refractivity contribution in [3.63, 3.8) is 0 Å². The third kappa shape index (κ3) is 7.09. The number of aliphatic carboxylic acids is 1. The molecule has 1 aliphatic rings. The second-order valence-corrected chi connectivity index (χ2v) is 13.5. The minimum atomic E-state index is -4.75. The van der Waals surface area contributed by atoms with Crippen molar-refractivity contribution in [2.24, 2.45) is 5.92 Å². The van der Waals surface area contributed by atoms with Gasteiger partial charge in [0.05, 0.1) is 5.92 Å². The monoisotopic (exact) mass is 577 g/mol. The van der Waals surface area contributed by atoms with E-state index in [1.165, 1.54) is 0 Å². The average molecular weight is 578 g/mol. The molecule has 1 heterocycles. The minimum absolute atomic E-state index is 0.136. The maximum Gasteiger partial charge on any atom is 0.395 e. The number of carbonyl (C=O) groups excluding carboxylic acids is 1. The number of alkyl halides is 3. The fraction of sp³-hybridized carbons (Fsp3) is 0.286. The van der Waals surface area contributed by atoms with Gasteiger partial charge in [0.15, 0.2) is 0 Å². The predicted molar refractivity (Wildman–Crippen MR) is 146 cm³/mol. The molecule has 1 aliphatic heterocycles. The standard InChI is InChI=1S/C28H26F3NO3S3/c29-27(30,31)24(19-25(33)32-18-10-17-23(32)26(34)35)28(36-20-11-4-1-5-12-20,37-21-13-6-2-7-14-21)38-22-15-8-3-9-16-22/h1-9,11-16,23-24H,10,17-19H2,(H,34,35)/t23-,24?/m0/s1. The lowest BCUT2D eigenvalue weighted by molar-refractivity contribution is -0.179. The Bertz CT molecular complexity index is 1110. The van der Waals surface area contributed by atoms with Crippen LogP contribution in [-0.4, -0.2) is 44.1 Å². The number of nitrogens with zero attached hydrogens (tertiary/aromatic N) is 1. The third-order valence-corrected chi connectivity index (χ3v) is 10.8. The summed E-state index contributed by atoms with van der Waals surface area (Å²) in [6, 6.07) is 25.4. The number of halogens is 3. The highest BCUT2D eigenvalue weighted by Gasteiger charge is 2.57. The fourth-order valence-corrected chi connectivity index (χ4v) is 9.46. The van der Waals surface area contributed by atoms with E-state index in [1.807, 2.05) is 0 Å². The molecule has 0 bridgehead atoms. The van der Waals surface area contributed by atoms with E-state index in [4.69, 9.17) is 0 Å². The number of hydrogen-bond acceptors (Lipinski definition) is 5. The number of amides is 1. The number of benzene rings is 3. The van der Waals surface area contributed by atoms with Crippen LogP contribution in [0.25, 0.3) is 0 Å². The third-order valence-electron chi connectivity index (χ3n) is 6.07. The zero-order chi connectivity index (χ0) is 27.2. The molecule has 1 unspecified atom stereocenters. The van der Waals surface area contributed by atoms with E-state index >= 15 is 13.2 Å². The van der Waals surface area contributed by atoms with Crippen molar-refractivity contribution in [3.8, 4) is 0 Å². The van der Waals surface area contributed by atoms with Crippen molar-refractivity contribution >= 4 is 47.2 Å². The summed E-state index contributed by atoms with van der Waals surface area (Å²) in [4.78, 5) is 28.0. The van der Waals surface area contributed by atoms with E-state index in [0.29, 0.717) is 21.1 Å². The first kappa shape index (κ1) is 28.4. The zero-order valence-corrected chi connectivity index (χ0v) is 22.7. The fourth-order valence-electron chi connectivity index (χ4n) is 4.29. The van der Waals surface area contributed by atoms with Crippen LogP contribution in [0.3, 0.4) is 0 Å². The summed E-state index contributed by atoms with van der Waals surface area (Å²) in [5, 5.41) is 9.54. The number of likely N-dealkylation sites (tertiary alicyclic amines) is 1. The lowest BCUT2D eigenvalue weighted by Crippen LogP contribution is -2.46. The van der Waals surface area contributed by atoms with Crippen molar-refractivity contribution in [2.45, 2.75) is 49.6 Å². The van der Waals surface area contributed by atoms with Crippen LogP contribution in [-0.2, 0) is 9.59 Å². The summed E-state index contributed by atoms with van der Waals surface area (Å²) in [6.45, 7) is 0.136. The number of thioether (sulfide) groups is 3. The molecule has 200 valence electrons. The van der Waals surface area contributed by atoms with Crippen molar-refractivity contribution < 1.29 is 27.9 Å². The molecular formula is C28H26F3NO3S3. The van der Waals surface area contributed by atoms with Crippen molar-refractivity contribution in [1.82, 2.24) is 4.90 Å². The Labute approximate surface area is 232 Å². The Morgan fingerprint density at radius 3 is 1.61 bits per heavy atom. The van der Waals surface area contributed by atoms with Gasteiger partial charge in [-0.2, -0.15) is 13.2 Å². The second-order valence-electron chi connectivity index (χ2n) is 8.73. The van der Waals surface area contributed by atoms with Crippen molar-refractivity contribution in [2.75, 3.05) is 6.54 Å². The van der Waals surface area contributed by atoms with Crippen LogP contribution in [0, 0.1) is 5.92 Å². The summed E-state index contributed by atoms with van der Waals surface area (Å²) < 4.78 is 43.7. The van der Waals surface area contributed by atoms with Crippen molar-refractivity contribution in [1.29, 1.82) is 0 Å². The van der Waals surface area contributed by atoms with E-state index in [1.54, 1.807) is 91.0 Å². The molecule has 0 radical (unpaired) electrons. The van der Waals surface area contributed by atoms with Crippen LogP contribution in [0.2, 0.25) is 0 Å². The summed E-state index contributed by atoms with van der Waals surface area (Å²) in [5.41, 5.74) is 0. The van der Waals surface area contributed by atoms with Gasteiger partial charge in [-0.15, -0.1) is 0 Å². The number of carboxylic acid groups (broad SMARTS) is 1. The molecule has 0 aromatic heterocycles. The Morgan fingerprint density at radius 2 is 1.24 bits per heavy atom. The van der Waals surface area contributed by atoms with Crippen LogP contribution >= 0.6 is 35.3 Å². The van der Waals surface area contributed by atoms with Gasteiger partial charge >= 0.3 is 12.1 Å². The van der Waals surface area contributed by atoms with E-state index in [0.717, 1.165) is 40.2 Å². The molecule has 0 aliphatic carbocycles. The number of carbonyl (C=O) groups is 2. The second kappa shape index (κ2) is 12.5. The van der Waals surface area contributed by atoms with E-state index in [-0.39, 0.29) is 13.0 Å². The van der Waals surface area contributed by atoms with Gasteiger partial charge in [-0.25, -0.2) is 4.79 Å². The molecule has 1 fully saturated rings. The quantitative estimate of drug-likeness (QED) is 0.197. The maximum absolute atomic E-state index is 15.1. The average Bonchev–Trinajstić information content (AvgIpc) is 3.39. The van der Waals surface area contributed by atoms with Gasteiger partial charge in [0.25, 0.3) is 0 Å². The highest BCUT2D eigenvalue weighted by atomic mass is 32.3. The molecule has 0 saturated carbocycles. The molecule has 38 heavy (non-hydrogen) atoms. The minimum Gasteiger partial charge on any atom is -0.480 e. The zero-order valence-electron chi connectivity index (χ0n) is 20.2. The van der Waals surface area contributed by atoms with Gasteiger partial charge in [-0.05, 0) is 49.2 Å². The molecule has 4 nitrogen and oxygen atoms in total. The van der Waals surface area contributed by atoms with Crippen LogP contribution in [0.4, 0.5) is 13.2 Å². The molecule has 2 atom stereocenters. The molecule has 3 aromatic carbocycles. The highest BCUT2D eigenvalue weighted by molar-refractivity contribution is 8.33.